The predicted octanol–water partition coefficient (Wildman–Crippen LogP) is 0.692. The molecule has 0 aliphatic carbocycles. The highest BCUT2D eigenvalue weighted by molar-refractivity contribution is 7.89. The highest BCUT2D eigenvalue weighted by atomic mass is 35.5. The Hall–Kier alpha value is -2.80. The van der Waals surface area contributed by atoms with Crippen LogP contribution >= 0.6 is 11.6 Å². The van der Waals surface area contributed by atoms with Gasteiger partial charge in [-0.2, -0.15) is 5.10 Å². The number of aromatic nitrogens is 4. The van der Waals surface area contributed by atoms with E-state index in [1.165, 1.54) is 29.3 Å². The second kappa shape index (κ2) is 8.29. The van der Waals surface area contributed by atoms with Gasteiger partial charge in [-0.3, -0.25) is 14.9 Å². The van der Waals surface area contributed by atoms with Crippen LogP contribution in [0.15, 0.2) is 41.9 Å². The van der Waals surface area contributed by atoms with Crippen LogP contribution in [0.25, 0.3) is 11.3 Å². The molecule has 0 spiro atoms. The lowest BCUT2D eigenvalue weighted by molar-refractivity contribution is 0.0941. The molecule has 0 bridgehead atoms. The Balaban J connectivity index is 1.80. The van der Waals surface area contributed by atoms with Gasteiger partial charge in [-0.15, -0.1) is 4.83 Å². The lowest BCUT2D eigenvalue weighted by atomic mass is 10.1. The summed E-state index contributed by atoms with van der Waals surface area (Å²) in [6.45, 7) is -0.121. The van der Waals surface area contributed by atoms with Gasteiger partial charge in [-0.25, -0.2) is 17.8 Å². The Bertz CT molecular complexity index is 1160. The third-order valence-electron chi connectivity index (χ3n) is 3.82. The molecule has 154 valence electrons. The van der Waals surface area contributed by atoms with E-state index in [0.717, 1.165) is 6.20 Å². The zero-order chi connectivity index (χ0) is 21.2. The highest BCUT2D eigenvalue weighted by Gasteiger charge is 2.21. The van der Waals surface area contributed by atoms with E-state index in [2.05, 4.69) is 10.1 Å². The normalized spacial score (nSPS) is 11.6. The Labute approximate surface area is 170 Å². The molecule has 3 rings (SSSR count). The van der Waals surface area contributed by atoms with Crippen LogP contribution in [0.2, 0.25) is 5.02 Å². The second-order valence-electron chi connectivity index (χ2n) is 5.97. The number of aryl methyl sites for hydroxylation is 1. The number of aliphatic hydroxyl groups excluding tert-OH is 1. The molecule has 2 aromatic heterocycles. The van der Waals surface area contributed by atoms with Gasteiger partial charge in [0.1, 0.15) is 4.90 Å². The molecule has 0 aliphatic rings. The van der Waals surface area contributed by atoms with Gasteiger partial charge in [0.2, 0.25) is 0 Å². The molecule has 0 saturated carbocycles. The van der Waals surface area contributed by atoms with Crippen molar-refractivity contribution in [1.29, 1.82) is 0 Å². The van der Waals surface area contributed by atoms with Crippen LogP contribution in [0.5, 0.6) is 0 Å². The van der Waals surface area contributed by atoms with Crippen molar-refractivity contribution < 1.29 is 22.7 Å². The molecule has 1 aromatic carbocycles. The number of hydrogen-bond acceptors (Lipinski definition) is 6. The van der Waals surface area contributed by atoms with Crippen molar-refractivity contribution in [3.05, 3.63) is 53.5 Å². The Kier molecular flexibility index (Phi) is 5.98. The van der Waals surface area contributed by atoms with Crippen LogP contribution in [0.4, 0.5) is 4.39 Å². The summed E-state index contributed by atoms with van der Waals surface area (Å²) in [6.07, 6.45) is 5.39. The van der Waals surface area contributed by atoms with E-state index >= 15 is 0 Å². The van der Waals surface area contributed by atoms with E-state index in [4.69, 9.17) is 16.7 Å². The minimum Gasteiger partial charge on any atom is -0.394 e. The molecule has 0 atom stereocenters. The minimum atomic E-state index is -4.16. The number of sulfonamides is 1. The second-order valence-corrected chi connectivity index (χ2v) is 8.06. The van der Waals surface area contributed by atoms with E-state index in [1.54, 1.807) is 17.8 Å². The molecule has 29 heavy (non-hydrogen) atoms. The first-order valence-electron chi connectivity index (χ1n) is 8.14. The molecule has 0 unspecified atom stereocenters. The van der Waals surface area contributed by atoms with Crippen molar-refractivity contribution in [2.24, 2.45) is 7.05 Å². The van der Waals surface area contributed by atoms with Gasteiger partial charge in [0, 0.05) is 25.0 Å². The number of imidazole rings is 1. The fourth-order valence-electron chi connectivity index (χ4n) is 2.41. The molecule has 13 heteroatoms. The number of hydrazine groups is 1. The summed E-state index contributed by atoms with van der Waals surface area (Å²) >= 11 is 5.88. The van der Waals surface area contributed by atoms with E-state index in [-0.39, 0.29) is 23.1 Å². The highest BCUT2D eigenvalue weighted by Crippen LogP contribution is 2.27. The topological polar surface area (TPSA) is 131 Å². The summed E-state index contributed by atoms with van der Waals surface area (Å²) in [6, 6.07) is 2.53. The van der Waals surface area contributed by atoms with Crippen LogP contribution in [0.1, 0.15) is 10.4 Å². The number of halogens is 2. The fraction of sp³-hybridized carbons (Fsp3) is 0.188. The average Bonchev–Trinajstić information content (AvgIpc) is 3.32. The van der Waals surface area contributed by atoms with Crippen LogP contribution in [-0.4, -0.2) is 45.4 Å². The summed E-state index contributed by atoms with van der Waals surface area (Å²) < 4.78 is 41.7. The number of carbonyl (C=O) groups excluding carboxylic acids is 1. The number of nitrogens with zero attached hydrogens (tertiary/aromatic N) is 4. The van der Waals surface area contributed by atoms with Crippen LogP contribution in [0, 0.1) is 5.82 Å². The first kappa shape index (κ1) is 20.9. The van der Waals surface area contributed by atoms with E-state index in [9.17, 15) is 17.6 Å². The number of benzene rings is 1. The maximum absolute atomic E-state index is 14.4. The first-order valence-corrected chi connectivity index (χ1v) is 10.00. The van der Waals surface area contributed by atoms with Gasteiger partial charge in [0.15, 0.2) is 5.82 Å². The molecule has 3 N–H and O–H groups in total. The third kappa shape index (κ3) is 4.62. The molecular weight excluding hydrogens is 427 g/mol. The van der Waals surface area contributed by atoms with E-state index in [0.29, 0.717) is 11.3 Å². The number of amides is 1. The monoisotopic (exact) mass is 442 g/mol. The van der Waals surface area contributed by atoms with E-state index < -0.39 is 27.3 Å². The maximum atomic E-state index is 14.4. The molecule has 0 fully saturated rings. The fourth-order valence-corrected chi connectivity index (χ4v) is 3.42. The summed E-state index contributed by atoms with van der Waals surface area (Å²) in [5.74, 6) is -2.05. The first-order chi connectivity index (χ1) is 13.7. The molecule has 1 amide bonds. The lowest BCUT2D eigenvalue weighted by Gasteiger charge is -2.10. The maximum Gasteiger partial charge on any atom is 0.269 e. The van der Waals surface area contributed by atoms with Gasteiger partial charge >= 0.3 is 0 Å². The summed E-state index contributed by atoms with van der Waals surface area (Å²) in [5.41, 5.74) is 2.33. The van der Waals surface area contributed by atoms with Gasteiger partial charge in [-0.05, 0) is 12.1 Å². The molecule has 0 saturated heterocycles. The average molecular weight is 443 g/mol. The van der Waals surface area contributed by atoms with Crippen molar-refractivity contribution in [3.63, 3.8) is 0 Å². The lowest BCUT2D eigenvalue weighted by Crippen LogP contribution is -2.41. The molecule has 0 radical (unpaired) electrons. The summed E-state index contributed by atoms with van der Waals surface area (Å²) in [7, 11) is -2.42. The van der Waals surface area contributed by atoms with Gasteiger partial charge in [0.05, 0.1) is 42.0 Å². The van der Waals surface area contributed by atoms with Gasteiger partial charge in [-0.1, -0.05) is 11.6 Å². The van der Waals surface area contributed by atoms with Crippen molar-refractivity contribution in [3.8, 4) is 11.3 Å². The molecule has 3 aromatic rings. The zero-order valence-corrected chi connectivity index (χ0v) is 16.6. The molecular formula is C16H16ClFN6O4S. The number of nitrogens with one attached hydrogen (secondary N) is 2. The smallest absolute Gasteiger partial charge is 0.269 e. The molecule has 0 aliphatic heterocycles. The van der Waals surface area contributed by atoms with Gasteiger partial charge in [0.25, 0.3) is 15.9 Å². The van der Waals surface area contributed by atoms with Crippen LogP contribution in [0.3, 0.4) is 0 Å². The summed E-state index contributed by atoms with van der Waals surface area (Å²) in [4.78, 5) is 18.1. The van der Waals surface area contributed by atoms with Crippen molar-refractivity contribution >= 4 is 27.5 Å². The Morgan fingerprint density at radius 2 is 2.10 bits per heavy atom. The van der Waals surface area contributed by atoms with Crippen LogP contribution in [-0.2, 0) is 23.6 Å². The number of rotatable bonds is 7. The Morgan fingerprint density at radius 3 is 2.76 bits per heavy atom. The Morgan fingerprint density at radius 1 is 1.34 bits per heavy atom. The van der Waals surface area contributed by atoms with Crippen molar-refractivity contribution in [1.82, 2.24) is 29.6 Å². The minimum absolute atomic E-state index is 0.103. The quantitative estimate of drug-likeness (QED) is 0.461. The molecule has 2 heterocycles. The number of hydrogen-bond donors (Lipinski definition) is 3. The SMILES string of the molecule is Cn1cnc(-c2cc(Cl)c(F)c(C(=O)NNS(=O)(=O)c3cnn(CCO)c3)c2)c1. The molecule has 10 nitrogen and oxygen atoms in total. The predicted molar refractivity (Wildman–Crippen MR) is 101 cm³/mol. The van der Waals surface area contributed by atoms with Crippen molar-refractivity contribution in [2.75, 3.05) is 6.61 Å². The standard InChI is InChI=1S/C16H16ClFN6O4S/c1-23-8-14(19-9-23)10-4-12(15(18)13(17)5-10)16(26)21-22-29(27,28)11-6-20-24(7-11)2-3-25/h4-9,22,25H,2-3H2,1H3,(H,21,26). The van der Waals surface area contributed by atoms with E-state index in [1.807, 2.05) is 10.3 Å². The van der Waals surface area contributed by atoms with Crippen LogP contribution < -0.4 is 10.3 Å². The number of aliphatic hydroxyl groups is 1. The third-order valence-corrected chi connectivity index (χ3v) is 5.30. The largest absolute Gasteiger partial charge is 0.394 e. The number of carbonyl (C=O) groups is 1. The van der Waals surface area contributed by atoms with Gasteiger partial charge < -0.3 is 9.67 Å². The summed E-state index contributed by atoms with van der Waals surface area (Å²) in [5, 5.41) is 12.3. The van der Waals surface area contributed by atoms with Crippen molar-refractivity contribution in [2.45, 2.75) is 11.4 Å². The zero-order valence-electron chi connectivity index (χ0n) is 15.0.